The van der Waals surface area contributed by atoms with Crippen molar-refractivity contribution in [2.75, 3.05) is 5.32 Å². The zero-order chi connectivity index (χ0) is 14.3. The zero-order valence-corrected chi connectivity index (χ0v) is 12.8. The summed E-state index contributed by atoms with van der Waals surface area (Å²) in [5.74, 6) is 1.59. The maximum Gasteiger partial charge on any atom is 0.157 e. The number of hydrogen-bond donors (Lipinski definition) is 1. The van der Waals surface area contributed by atoms with Crippen LogP contribution in [0.3, 0.4) is 0 Å². The van der Waals surface area contributed by atoms with Crippen molar-refractivity contribution in [1.29, 1.82) is 0 Å². The van der Waals surface area contributed by atoms with Crippen molar-refractivity contribution in [2.45, 2.75) is 46.1 Å². The molecule has 0 aliphatic heterocycles. The van der Waals surface area contributed by atoms with Crippen molar-refractivity contribution in [3.8, 4) is 0 Å². The van der Waals surface area contributed by atoms with Crippen LogP contribution in [0.2, 0.25) is 0 Å². The molecule has 3 atom stereocenters. The van der Waals surface area contributed by atoms with Crippen molar-refractivity contribution in [3.05, 3.63) is 18.0 Å². The van der Waals surface area contributed by atoms with Gasteiger partial charge in [-0.1, -0.05) is 13.8 Å². The minimum absolute atomic E-state index is 0.572. The Morgan fingerprint density at radius 2 is 2.10 bits per heavy atom. The summed E-state index contributed by atoms with van der Waals surface area (Å²) in [4.78, 5) is 4.54. The van der Waals surface area contributed by atoms with Crippen LogP contribution in [0.25, 0.3) is 11.0 Å². The van der Waals surface area contributed by atoms with E-state index >= 15 is 0 Å². The highest BCUT2D eigenvalue weighted by Gasteiger charge is 2.25. The third kappa shape index (κ3) is 2.39. The molecule has 2 heterocycles. The van der Waals surface area contributed by atoms with Gasteiger partial charge in [0.05, 0.1) is 17.6 Å². The number of nitrogens with one attached hydrogen (secondary N) is 1. The van der Waals surface area contributed by atoms with Crippen LogP contribution in [0, 0.1) is 18.8 Å². The molecule has 1 saturated carbocycles. The molecule has 1 fully saturated rings. The first-order valence-corrected chi connectivity index (χ1v) is 7.60. The van der Waals surface area contributed by atoms with E-state index < -0.39 is 0 Å². The second kappa shape index (κ2) is 5.08. The third-order valence-corrected chi connectivity index (χ3v) is 4.65. The summed E-state index contributed by atoms with van der Waals surface area (Å²) in [7, 11) is 1.94. The van der Waals surface area contributed by atoms with Gasteiger partial charge in [0.2, 0.25) is 0 Å². The molecular formula is C16H24N4. The predicted octanol–water partition coefficient (Wildman–Crippen LogP) is 3.51. The van der Waals surface area contributed by atoms with E-state index in [2.05, 4.69) is 35.3 Å². The topological polar surface area (TPSA) is 42.7 Å². The van der Waals surface area contributed by atoms with Crippen LogP contribution in [0.1, 0.15) is 38.8 Å². The van der Waals surface area contributed by atoms with E-state index in [9.17, 15) is 0 Å². The molecule has 0 bridgehead atoms. The number of aromatic nitrogens is 3. The van der Waals surface area contributed by atoms with Gasteiger partial charge in [-0.25, -0.2) is 4.98 Å². The Hall–Kier alpha value is -1.58. The molecule has 0 spiro atoms. The molecule has 108 valence electrons. The number of aryl methyl sites for hydroxylation is 2. The van der Waals surface area contributed by atoms with Crippen molar-refractivity contribution >= 4 is 16.7 Å². The summed E-state index contributed by atoms with van der Waals surface area (Å²) in [5.41, 5.74) is 3.13. The molecule has 4 nitrogen and oxygen atoms in total. The highest BCUT2D eigenvalue weighted by atomic mass is 15.3. The lowest BCUT2D eigenvalue weighted by atomic mass is 9.80. The first-order chi connectivity index (χ1) is 9.54. The highest BCUT2D eigenvalue weighted by Crippen LogP contribution is 2.31. The summed E-state index contributed by atoms with van der Waals surface area (Å²) >= 11 is 0. The zero-order valence-electron chi connectivity index (χ0n) is 12.8. The van der Waals surface area contributed by atoms with Gasteiger partial charge in [0.25, 0.3) is 0 Å². The first kappa shape index (κ1) is 13.4. The van der Waals surface area contributed by atoms with Crippen LogP contribution in [-0.4, -0.2) is 20.8 Å². The summed E-state index contributed by atoms with van der Waals surface area (Å²) in [6, 6.07) is 2.76. The molecule has 0 saturated heterocycles. The van der Waals surface area contributed by atoms with Crippen LogP contribution in [0.15, 0.2) is 12.3 Å². The van der Waals surface area contributed by atoms with Crippen LogP contribution < -0.4 is 5.32 Å². The molecule has 4 heteroatoms. The maximum atomic E-state index is 4.54. The molecule has 3 unspecified atom stereocenters. The fourth-order valence-electron chi connectivity index (χ4n) is 3.48. The Kier molecular flexibility index (Phi) is 3.40. The first-order valence-electron chi connectivity index (χ1n) is 7.60. The second-order valence-electron chi connectivity index (χ2n) is 6.45. The molecule has 1 N–H and O–H groups in total. The van der Waals surface area contributed by atoms with Gasteiger partial charge >= 0.3 is 0 Å². The third-order valence-electron chi connectivity index (χ3n) is 4.65. The van der Waals surface area contributed by atoms with Crippen molar-refractivity contribution in [2.24, 2.45) is 18.9 Å². The van der Waals surface area contributed by atoms with Gasteiger partial charge in [0.15, 0.2) is 5.65 Å². The molecule has 20 heavy (non-hydrogen) atoms. The normalized spacial score (nSPS) is 26.9. The van der Waals surface area contributed by atoms with E-state index in [1.165, 1.54) is 19.3 Å². The van der Waals surface area contributed by atoms with Gasteiger partial charge in [-0.2, -0.15) is 5.10 Å². The van der Waals surface area contributed by atoms with Gasteiger partial charge in [-0.3, -0.25) is 4.68 Å². The summed E-state index contributed by atoms with van der Waals surface area (Å²) in [5, 5.41) is 9.26. The summed E-state index contributed by atoms with van der Waals surface area (Å²) < 4.78 is 1.85. The second-order valence-corrected chi connectivity index (χ2v) is 6.45. The lowest BCUT2D eigenvalue weighted by Gasteiger charge is -2.33. The van der Waals surface area contributed by atoms with Crippen LogP contribution in [0.5, 0.6) is 0 Å². The van der Waals surface area contributed by atoms with E-state index in [0.29, 0.717) is 6.04 Å². The average molecular weight is 272 g/mol. The average Bonchev–Trinajstić information content (AvgIpc) is 2.68. The molecular weight excluding hydrogens is 248 g/mol. The van der Waals surface area contributed by atoms with Crippen LogP contribution in [0.4, 0.5) is 5.69 Å². The van der Waals surface area contributed by atoms with E-state index in [4.69, 9.17) is 0 Å². The minimum Gasteiger partial charge on any atom is -0.381 e. The van der Waals surface area contributed by atoms with Crippen molar-refractivity contribution in [3.63, 3.8) is 0 Å². The van der Waals surface area contributed by atoms with Gasteiger partial charge in [0, 0.05) is 18.5 Å². The summed E-state index contributed by atoms with van der Waals surface area (Å²) in [6.07, 6.45) is 5.84. The van der Waals surface area contributed by atoms with Crippen molar-refractivity contribution < 1.29 is 0 Å². The molecule has 0 radical (unpaired) electrons. The van der Waals surface area contributed by atoms with Gasteiger partial charge < -0.3 is 5.32 Å². The van der Waals surface area contributed by atoms with E-state index in [1.54, 1.807) is 0 Å². The van der Waals surface area contributed by atoms with Crippen LogP contribution >= 0.6 is 0 Å². The Labute approximate surface area is 120 Å². The number of anilines is 1. The molecule has 2 aromatic rings. The van der Waals surface area contributed by atoms with Crippen LogP contribution in [-0.2, 0) is 7.05 Å². The SMILES string of the molecule is Cc1nn(C)c2ncc(NC3CCC(C)CC3C)cc12. The Morgan fingerprint density at radius 1 is 1.30 bits per heavy atom. The van der Waals surface area contributed by atoms with Crippen molar-refractivity contribution in [1.82, 2.24) is 14.8 Å². The number of pyridine rings is 1. The quantitative estimate of drug-likeness (QED) is 0.909. The maximum absolute atomic E-state index is 4.54. The molecule has 1 aliphatic carbocycles. The van der Waals surface area contributed by atoms with E-state index in [-0.39, 0.29) is 0 Å². The predicted molar refractivity (Wildman–Crippen MR) is 82.8 cm³/mol. The Bertz CT molecular complexity index is 616. The number of fused-ring (bicyclic) bond motifs is 1. The van der Waals surface area contributed by atoms with E-state index in [0.717, 1.165) is 34.3 Å². The lowest BCUT2D eigenvalue weighted by Crippen LogP contribution is -2.33. The number of hydrogen-bond acceptors (Lipinski definition) is 3. The summed E-state index contributed by atoms with van der Waals surface area (Å²) in [6.45, 7) is 6.76. The molecule has 0 aromatic carbocycles. The largest absolute Gasteiger partial charge is 0.381 e. The number of nitrogens with zero attached hydrogens (tertiary/aromatic N) is 3. The number of rotatable bonds is 2. The Balaban J connectivity index is 1.82. The fourth-order valence-corrected chi connectivity index (χ4v) is 3.48. The highest BCUT2D eigenvalue weighted by molar-refractivity contribution is 5.81. The monoisotopic (exact) mass is 272 g/mol. The smallest absolute Gasteiger partial charge is 0.157 e. The molecule has 1 aliphatic rings. The standard InChI is InChI=1S/C16H24N4/c1-10-5-6-15(11(2)7-10)18-13-8-14-12(3)19-20(4)16(14)17-9-13/h8-11,15,18H,5-7H2,1-4H3. The fraction of sp³-hybridized carbons (Fsp3) is 0.625. The van der Waals surface area contributed by atoms with Gasteiger partial charge in [-0.05, 0) is 44.1 Å². The van der Waals surface area contributed by atoms with Gasteiger partial charge in [0.1, 0.15) is 0 Å². The Morgan fingerprint density at radius 3 is 2.85 bits per heavy atom. The van der Waals surface area contributed by atoms with Gasteiger partial charge in [-0.15, -0.1) is 0 Å². The lowest BCUT2D eigenvalue weighted by molar-refractivity contribution is 0.276. The molecule has 0 amide bonds. The molecule has 3 rings (SSSR count). The molecule has 2 aromatic heterocycles. The van der Waals surface area contributed by atoms with E-state index in [1.807, 2.05) is 24.9 Å². The minimum atomic E-state index is 0.572.